The molecule has 0 radical (unpaired) electrons. The van der Waals surface area contributed by atoms with E-state index in [9.17, 15) is 13.2 Å². The van der Waals surface area contributed by atoms with Crippen LogP contribution in [0.1, 0.15) is 10.4 Å². The summed E-state index contributed by atoms with van der Waals surface area (Å²) in [5.41, 5.74) is 3.20. The Morgan fingerprint density at radius 3 is 2.50 bits per heavy atom. The minimum atomic E-state index is -3.84. The van der Waals surface area contributed by atoms with Crippen LogP contribution in [0.5, 0.6) is 6.01 Å². The van der Waals surface area contributed by atoms with E-state index in [4.69, 9.17) is 9.94 Å². The summed E-state index contributed by atoms with van der Waals surface area (Å²) < 4.78 is 34.4. The van der Waals surface area contributed by atoms with Crippen LogP contribution >= 0.6 is 0 Å². The fraction of sp³-hybridized carbons (Fsp3) is 0.125. The van der Waals surface area contributed by atoms with Crippen molar-refractivity contribution in [1.82, 2.24) is 15.0 Å². The van der Waals surface area contributed by atoms with Gasteiger partial charge in [0.25, 0.3) is 21.9 Å². The van der Waals surface area contributed by atoms with Gasteiger partial charge in [-0.25, -0.2) is 13.9 Å². The van der Waals surface area contributed by atoms with Crippen molar-refractivity contribution in [3.8, 4) is 6.01 Å². The number of benzene rings is 2. The van der Waals surface area contributed by atoms with Crippen LogP contribution in [-0.2, 0) is 17.1 Å². The molecule has 0 fully saturated rings. The second kappa shape index (κ2) is 6.65. The molecule has 0 saturated carbocycles. The molecule has 0 saturated heterocycles. The summed E-state index contributed by atoms with van der Waals surface area (Å²) in [6, 6.07) is 10.6. The van der Waals surface area contributed by atoms with Crippen LogP contribution in [0, 0.1) is 0 Å². The van der Waals surface area contributed by atoms with Crippen molar-refractivity contribution in [2.24, 2.45) is 7.05 Å². The molecule has 3 N–H and O–H groups in total. The number of carbonyl (C=O) groups is 1. The number of carbonyl (C=O) groups excluding carboxylic acids is 1. The monoisotopic (exact) mass is 376 g/mol. The molecule has 0 aliphatic carbocycles. The van der Waals surface area contributed by atoms with E-state index in [2.05, 4.69) is 9.71 Å². The van der Waals surface area contributed by atoms with Gasteiger partial charge in [-0.15, -0.1) is 0 Å². The van der Waals surface area contributed by atoms with Crippen LogP contribution in [0.2, 0.25) is 0 Å². The molecule has 136 valence electrons. The standard InChI is InChI=1S/C16H16N4O5S/c1-20-14-8-7-12(9-13(14)17-16(20)25-2)26(23,24)19-11-5-3-10(4-6-11)15(21)18-22/h3-9,19,22H,1-2H3,(H,18,21). The number of amides is 1. The van der Waals surface area contributed by atoms with Crippen LogP contribution in [0.15, 0.2) is 47.4 Å². The summed E-state index contributed by atoms with van der Waals surface area (Å²) in [7, 11) is -0.588. The Balaban J connectivity index is 1.90. The zero-order valence-electron chi connectivity index (χ0n) is 13.9. The van der Waals surface area contributed by atoms with Crippen molar-refractivity contribution in [2.75, 3.05) is 11.8 Å². The molecule has 2 aromatic carbocycles. The second-order valence-corrected chi connectivity index (χ2v) is 7.11. The minimum Gasteiger partial charge on any atom is -0.468 e. The number of rotatable bonds is 5. The summed E-state index contributed by atoms with van der Waals surface area (Å²) in [6.07, 6.45) is 0. The molecule has 0 aliphatic heterocycles. The van der Waals surface area contributed by atoms with Gasteiger partial charge in [0.15, 0.2) is 0 Å². The van der Waals surface area contributed by atoms with E-state index in [-0.39, 0.29) is 16.1 Å². The van der Waals surface area contributed by atoms with Crippen molar-refractivity contribution in [1.29, 1.82) is 0 Å². The Kier molecular flexibility index (Phi) is 4.53. The molecule has 9 nitrogen and oxygen atoms in total. The minimum absolute atomic E-state index is 0.0444. The number of aromatic nitrogens is 2. The molecular weight excluding hydrogens is 360 g/mol. The average molecular weight is 376 g/mol. The summed E-state index contributed by atoms with van der Waals surface area (Å²) in [5, 5.41) is 8.59. The highest BCUT2D eigenvalue weighted by molar-refractivity contribution is 7.92. The predicted molar refractivity (Wildman–Crippen MR) is 93.8 cm³/mol. The van der Waals surface area contributed by atoms with E-state index in [1.54, 1.807) is 17.7 Å². The van der Waals surface area contributed by atoms with Gasteiger partial charge in [0.2, 0.25) is 0 Å². The van der Waals surface area contributed by atoms with Gasteiger partial charge in [-0.1, -0.05) is 0 Å². The number of hydrogen-bond acceptors (Lipinski definition) is 6. The third-order valence-corrected chi connectivity index (χ3v) is 5.18. The number of nitrogens with zero attached hydrogens (tertiary/aromatic N) is 2. The van der Waals surface area contributed by atoms with Gasteiger partial charge in [-0.2, -0.15) is 4.98 Å². The van der Waals surface area contributed by atoms with Crippen LogP contribution < -0.4 is 14.9 Å². The first-order chi connectivity index (χ1) is 12.4. The number of ether oxygens (including phenoxy) is 1. The van der Waals surface area contributed by atoms with Gasteiger partial charge in [-0.05, 0) is 42.5 Å². The maximum Gasteiger partial charge on any atom is 0.296 e. The summed E-state index contributed by atoms with van der Waals surface area (Å²) in [4.78, 5) is 15.6. The molecule has 0 aliphatic rings. The van der Waals surface area contributed by atoms with Crippen molar-refractivity contribution in [3.05, 3.63) is 48.0 Å². The SMILES string of the molecule is COc1nc2cc(S(=O)(=O)Nc3ccc(C(=O)NO)cc3)ccc2n1C. The fourth-order valence-corrected chi connectivity index (χ4v) is 3.55. The zero-order valence-corrected chi connectivity index (χ0v) is 14.7. The van der Waals surface area contributed by atoms with Gasteiger partial charge < -0.3 is 4.74 Å². The number of anilines is 1. The molecule has 3 rings (SSSR count). The fourth-order valence-electron chi connectivity index (χ4n) is 2.48. The molecule has 1 amide bonds. The first-order valence-electron chi connectivity index (χ1n) is 7.43. The zero-order chi connectivity index (χ0) is 18.9. The van der Waals surface area contributed by atoms with E-state index in [0.717, 1.165) is 5.52 Å². The third-order valence-electron chi connectivity index (χ3n) is 3.80. The quantitative estimate of drug-likeness (QED) is 0.458. The first-order valence-corrected chi connectivity index (χ1v) is 8.92. The highest BCUT2D eigenvalue weighted by Crippen LogP contribution is 2.24. The topological polar surface area (TPSA) is 123 Å². The number of fused-ring (bicyclic) bond motifs is 1. The molecular formula is C16H16N4O5S. The number of nitrogens with one attached hydrogen (secondary N) is 2. The Morgan fingerprint density at radius 1 is 1.19 bits per heavy atom. The lowest BCUT2D eigenvalue weighted by atomic mass is 10.2. The maximum absolute atomic E-state index is 12.6. The summed E-state index contributed by atoms with van der Waals surface area (Å²) in [6.45, 7) is 0. The van der Waals surface area contributed by atoms with Crippen molar-refractivity contribution >= 4 is 32.7 Å². The Bertz CT molecular complexity index is 1070. The Hall–Kier alpha value is -3.11. The number of hydrogen-bond donors (Lipinski definition) is 3. The smallest absolute Gasteiger partial charge is 0.296 e. The van der Waals surface area contributed by atoms with Crippen LogP contribution in [-0.4, -0.2) is 36.2 Å². The molecule has 0 spiro atoms. The Labute approximate surface area is 149 Å². The molecule has 0 atom stereocenters. The van der Waals surface area contributed by atoms with E-state index >= 15 is 0 Å². The number of aryl methyl sites for hydroxylation is 1. The molecule has 1 aromatic heterocycles. The molecule has 0 bridgehead atoms. The molecule has 0 unspecified atom stereocenters. The summed E-state index contributed by atoms with van der Waals surface area (Å²) >= 11 is 0. The number of imidazole rings is 1. The van der Waals surface area contributed by atoms with Gasteiger partial charge in [0, 0.05) is 18.3 Å². The van der Waals surface area contributed by atoms with E-state index in [0.29, 0.717) is 11.5 Å². The molecule has 3 aromatic rings. The largest absolute Gasteiger partial charge is 0.468 e. The normalized spacial score (nSPS) is 11.3. The average Bonchev–Trinajstić information content (AvgIpc) is 2.97. The van der Waals surface area contributed by atoms with E-state index < -0.39 is 15.9 Å². The molecule has 26 heavy (non-hydrogen) atoms. The lowest BCUT2D eigenvalue weighted by Gasteiger charge is -2.09. The maximum atomic E-state index is 12.6. The van der Waals surface area contributed by atoms with Crippen molar-refractivity contribution in [3.63, 3.8) is 0 Å². The van der Waals surface area contributed by atoms with E-state index in [1.807, 2.05) is 0 Å². The van der Waals surface area contributed by atoms with Gasteiger partial charge in [0.05, 0.1) is 23.0 Å². The number of sulfonamides is 1. The lowest BCUT2D eigenvalue weighted by Crippen LogP contribution is -2.18. The lowest BCUT2D eigenvalue weighted by molar-refractivity contribution is 0.0706. The second-order valence-electron chi connectivity index (χ2n) is 5.43. The van der Waals surface area contributed by atoms with Crippen molar-refractivity contribution < 1.29 is 23.2 Å². The number of methoxy groups -OCH3 is 1. The van der Waals surface area contributed by atoms with Crippen molar-refractivity contribution in [2.45, 2.75) is 4.90 Å². The van der Waals surface area contributed by atoms with Crippen LogP contribution in [0.4, 0.5) is 5.69 Å². The predicted octanol–water partition coefficient (Wildman–Crippen LogP) is 1.50. The van der Waals surface area contributed by atoms with E-state index in [1.165, 1.54) is 49.0 Å². The van der Waals surface area contributed by atoms with Gasteiger partial charge in [0.1, 0.15) is 0 Å². The first kappa shape index (κ1) is 17.7. The highest BCUT2D eigenvalue weighted by Gasteiger charge is 2.17. The molecule has 1 heterocycles. The van der Waals surface area contributed by atoms with Gasteiger partial charge in [-0.3, -0.25) is 19.3 Å². The Morgan fingerprint density at radius 2 is 1.88 bits per heavy atom. The van der Waals surface area contributed by atoms with Crippen LogP contribution in [0.25, 0.3) is 11.0 Å². The third kappa shape index (κ3) is 3.19. The summed E-state index contributed by atoms with van der Waals surface area (Å²) in [5.74, 6) is -0.686. The van der Waals surface area contributed by atoms with Crippen LogP contribution in [0.3, 0.4) is 0 Å². The number of hydroxylamine groups is 1. The van der Waals surface area contributed by atoms with Gasteiger partial charge >= 0.3 is 0 Å². The highest BCUT2D eigenvalue weighted by atomic mass is 32.2. The molecule has 10 heteroatoms.